The molecule has 1 aliphatic heterocycles. The van der Waals surface area contributed by atoms with Crippen molar-refractivity contribution in [1.82, 2.24) is 0 Å². The fourth-order valence-electron chi connectivity index (χ4n) is 2.52. The van der Waals surface area contributed by atoms with E-state index in [1.165, 1.54) is 20.0 Å². The van der Waals surface area contributed by atoms with E-state index >= 15 is 0 Å². The standard InChI is InChI=1S/C8H12F2O4.C7H8F2O3.C4H8O.Na.H/c1-13-6(11)4-3-5-8(9,10)7(12)14-2;1-12-6(11)4-2-3-7(8,9)5(4)10;1-2-4-5-3-1;;/h3-5H2,1-2H3;4H,2-3H2,1H3;1-4H2;;/q;;;+1;-1. The molecule has 0 bridgehead atoms. The van der Waals surface area contributed by atoms with E-state index in [-0.39, 0.29) is 50.2 Å². The van der Waals surface area contributed by atoms with Crippen molar-refractivity contribution in [2.45, 2.75) is 56.8 Å². The topological polar surface area (TPSA) is 105 Å². The Balaban J connectivity index is -0.000000430. The summed E-state index contributed by atoms with van der Waals surface area (Å²) in [6, 6.07) is 0. The van der Waals surface area contributed by atoms with Gasteiger partial charge in [-0.1, -0.05) is 0 Å². The Labute approximate surface area is 207 Å². The number of rotatable bonds is 6. The molecular formula is C19H29F4NaO8. The molecule has 0 amide bonds. The maximum absolute atomic E-state index is 12.7. The van der Waals surface area contributed by atoms with E-state index in [0.29, 0.717) is 0 Å². The van der Waals surface area contributed by atoms with Gasteiger partial charge in [-0.2, -0.15) is 17.6 Å². The van der Waals surface area contributed by atoms with Gasteiger partial charge in [0.15, 0.2) is 0 Å². The first kappa shape index (κ1) is 32.9. The van der Waals surface area contributed by atoms with Crippen molar-refractivity contribution in [1.29, 1.82) is 0 Å². The molecule has 8 nitrogen and oxygen atoms in total. The molecule has 2 aliphatic rings. The molecule has 0 N–H and O–H groups in total. The van der Waals surface area contributed by atoms with Crippen molar-refractivity contribution in [2.24, 2.45) is 5.92 Å². The second-order valence-corrected chi connectivity index (χ2v) is 6.63. The summed E-state index contributed by atoms with van der Waals surface area (Å²) in [4.78, 5) is 42.6. The molecule has 32 heavy (non-hydrogen) atoms. The Kier molecular flexibility index (Phi) is 16.9. The van der Waals surface area contributed by atoms with Crippen LogP contribution in [0.3, 0.4) is 0 Å². The van der Waals surface area contributed by atoms with Gasteiger partial charge in [0.05, 0.1) is 21.3 Å². The monoisotopic (exact) mass is 484 g/mol. The molecule has 1 aliphatic carbocycles. The van der Waals surface area contributed by atoms with Crippen LogP contribution in [0.15, 0.2) is 0 Å². The number of Topliss-reactive ketones (excluding diaryl/α,β-unsaturated/α-hetero) is 1. The van der Waals surface area contributed by atoms with Gasteiger partial charge in [-0.25, -0.2) is 4.79 Å². The van der Waals surface area contributed by atoms with Gasteiger partial charge in [0.1, 0.15) is 5.92 Å². The second-order valence-electron chi connectivity index (χ2n) is 6.63. The smallest absolute Gasteiger partial charge is 1.00 e. The third-order valence-electron chi connectivity index (χ3n) is 4.32. The second kappa shape index (κ2) is 16.4. The summed E-state index contributed by atoms with van der Waals surface area (Å²) in [5.41, 5.74) is 0. The molecule has 1 saturated carbocycles. The van der Waals surface area contributed by atoms with Crippen molar-refractivity contribution in [3.8, 4) is 0 Å². The number of alkyl halides is 4. The number of carbonyl (C=O) groups is 4. The first-order chi connectivity index (χ1) is 14.4. The Hall–Kier alpha value is -1.24. The van der Waals surface area contributed by atoms with E-state index in [4.69, 9.17) is 4.74 Å². The van der Waals surface area contributed by atoms with Gasteiger partial charge in [0.2, 0.25) is 5.78 Å². The number of carbonyl (C=O) groups excluding carboxylic acids is 4. The maximum Gasteiger partial charge on any atom is 1.00 e. The van der Waals surface area contributed by atoms with Crippen molar-refractivity contribution in [3.05, 3.63) is 0 Å². The van der Waals surface area contributed by atoms with Crippen LogP contribution < -0.4 is 29.6 Å². The van der Waals surface area contributed by atoms with E-state index in [2.05, 4.69) is 14.2 Å². The number of hydrogen-bond donors (Lipinski definition) is 0. The number of hydrogen-bond acceptors (Lipinski definition) is 8. The van der Waals surface area contributed by atoms with Crippen LogP contribution in [0.2, 0.25) is 0 Å². The minimum absolute atomic E-state index is 0. The molecule has 1 atom stereocenters. The Morgan fingerprint density at radius 1 is 1.09 bits per heavy atom. The normalized spacial score (nSPS) is 18.7. The van der Waals surface area contributed by atoms with Gasteiger partial charge >= 0.3 is 59.3 Å². The van der Waals surface area contributed by atoms with E-state index in [1.54, 1.807) is 0 Å². The average molecular weight is 484 g/mol. The van der Waals surface area contributed by atoms with E-state index in [1.807, 2.05) is 0 Å². The molecule has 0 aromatic carbocycles. The predicted molar refractivity (Wildman–Crippen MR) is 98.7 cm³/mol. The molecule has 1 heterocycles. The van der Waals surface area contributed by atoms with Crippen LogP contribution in [-0.2, 0) is 38.1 Å². The Morgan fingerprint density at radius 2 is 1.66 bits per heavy atom. The Morgan fingerprint density at radius 3 is 2.00 bits per heavy atom. The van der Waals surface area contributed by atoms with Crippen LogP contribution in [0.1, 0.15) is 46.4 Å². The summed E-state index contributed by atoms with van der Waals surface area (Å²) in [6.45, 7) is 2.00. The number of ketones is 1. The summed E-state index contributed by atoms with van der Waals surface area (Å²) in [5, 5.41) is 0. The third kappa shape index (κ3) is 12.1. The SMILES string of the molecule is C1CCOC1.COC(=O)C1CCC(F)(F)C1=O.COC(=O)CCCC(F)(F)C(=O)OC.[H-].[Na+]. The largest absolute Gasteiger partial charge is 1.00 e. The van der Waals surface area contributed by atoms with Gasteiger partial charge in [0, 0.05) is 32.5 Å². The van der Waals surface area contributed by atoms with Gasteiger partial charge < -0.3 is 20.4 Å². The predicted octanol–water partition coefficient (Wildman–Crippen LogP) is -0.175. The zero-order valence-electron chi connectivity index (χ0n) is 19.7. The molecule has 0 spiro atoms. The van der Waals surface area contributed by atoms with Crippen LogP contribution >= 0.6 is 0 Å². The number of methoxy groups -OCH3 is 3. The van der Waals surface area contributed by atoms with Crippen LogP contribution in [0.25, 0.3) is 0 Å². The van der Waals surface area contributed by atoms with E-state index in [0.717, 1.165) is 27.4 Å². The summed E-state index contributed by atoms with van der Waals surface area (Å²) in [6.07, 6.45) is 0.927. The zero-order valence-corrected chi connectivity index (χ0v) is 20.7. The van der Waals surface area contributed by atoms with Gasteiger partial charge in [-0.05, 0) is 25.7 Å². The summed E-state index contributed by atoms with van der Waals surface area (Å²) in [7, 11) is 3.13. The molecule has 0 aromatic rings. The Bertz CT molecular complexity index is 611. The minimum atomic E-state index is -3.53. The maximum atomic E-state index is 12.7. The fourth-order valence-corrected chi connectivity index (χ4v) is 2.52. The van der Waals surface area contributed by atoms with Crippen LogP contribution in [-0.4, -0.2) is 70.1 Å². The van der Waals surface area contributed by atoms with E-state index < -0.39 is 54.3 Å². The third-order valence-corrected chi connectivity index (χ3v) is 4.32. The van der Waals surface area contributed by atoms with Crippen molar-refractivity contribution in [3.63, 3.8) is 0 Å². The van der Waals surface area contributed by atoms with Crippen molar-refractivity contribution < 1.29 is 86.7 Å². The van der Waals surface area contributed by atoms with Crippen LogP contribution in [0, 0.1) is 5.92 Å². The quantitative estimate of drug-likeness (QED) is 0.168. The molecule has 2 fully saturated rings. The van der Waals surface area contributed by atoms with Crippen LogP contribution in [0.5, 0.6) is 0 Å². The van der Waals surface area contributed by atoms with Gasteiger partial charge in [-0.15, -0.1) is 0 Å². The molecule has 2 rings (SSSR count). The molecule has 1 saturated heterocycles. The number of halogens is 4. The molecule has 0 radical (unpaired) electrons. The van der Waals surface area contributed by atoms with Crippen molar-refractivity contribution in [2.75, 3.05) is 34.5 Å². The average Bonchev–Trinajstić information content (AvgIpc) is 3.40. The first-order valence-corrected chi connectivity index (χ1v) is 9.53. The summed E-state index contributed by atoms with van der Waals surface area (Å²) in [5.74, 6) is -12.5. The van der Waals surface area contributed by atoms with Gasteiger partial charge in [0.25, 0.3) is 0 Å². The zero-order chi connectivity index (χ0) is 24.1. The molecule has 1 unspecified atom stereocenters. The molecule has 182 valence electrons. The van der Waals surface area contributed by atoms with E-state index in [9.17, 15) is 36.7 Å². The molecule has 13 heteroatoms. The first-order valence-electron chi connectivity index (χ1n) is 9.53. The summed E-state index contributed by atoms with van der Waals surface area (Å²) >= 11 is 0. The number of esters is 3. The minimum Gasteiger partial charge on any atom is -1.00 e. The van der Waals surface area contributed by atoms with Crippen LogP contribution in [0.4, 0.5) is 17.6 Å². The number of ether oxygens (including phenoxy) is 4. The van der Waals surface area contributed by atoms with Gasteiger partial charge in [-0.3, -0.25) is 14.4 Å². The summed E-state index contributed by atoms with van der Waals surface area (Å²) < 4.78 is 67.8. The fraction of sp³-hybridized carbons (Fsp3) is 0.789. The molecule has 0 aromatic heterocycles. The molecular weight excluding hydrogens is 455 g/mol. The van der Waals surface area contributed by atoms with Crippen molar-refractivity contribution >= 4 is 23.7 Å².